The van der Waals surface area contributed by atoms with Gasteiger partial charge in [-0.2, -0.15) is 5.10 Å². The second-order valence-corrected chi connectivity index (χ2v) is 7.07. The van der Waals surface area contributed by atoms with Crippen LogP contribution in [0.4, 0.5) is 20.6 Å². The van der Waals surface area contributed by atoms with E-state index in [-0.39, 0.29) is 4.47 Å². The van der Waals surface area contributed by atoms with E-state index in [2.05, 4.69) is 36.6 Å². The first kappa shape index (κ1) is 18.1. The monoisotopic (exact) mass is 439 g/mol. The molecule has 8 heteroatoms. The number of carbonyl (C=O) groups excluding carboxylic acids is 1. The van der Waals surface area contributed by atoms with Crippen LogP contribution in [0.2, 0.25) is 0 Å². The minimum atomic E-state index is -0.429. The summed E-state index contributed by atoms with van der Waals surface area (Å²) in [5.74, 6) is -0.393. The number of pyridine rings is 1. The van der Waals surface area contributed by atoms with Gasteiger partial charge in [0.15, 0.2) is 0 Å². The highest BCUT2D eigenvalue weighted by atomic mass is 79.9. The van der Waals surface area contributed by atoms with Crippen LogP contribution < -0.4 is 10.6 Å². The molecule has 0 aliphatic rings. The highest BCUT2D eigenvalue weighted by molar-refractivity contribution is 9.10. The van der Waals surface area contributed by atoms with Gasteiger partial charge in [-0.15, -0.1) is 0 Å². The van der Waals surface area contributed by atoms with Crippen LogP contribution in [-0.2, 0) is 7.05 Å². The standard InChI is InChI=1S/C20H15BrFN5O/c1-27-11-13(10-23-27)18-7-3-12-2-4-15(9-19(12)26-18)25-20(28)24-14-5-6-17(22)16(21)8-14/h2-11H,1H3,(H2,24,25,28). The first-order valence-electron chi connectivity index (χ1n) is 8.41. The lowest BCUT2D eigenvalue weighted by molar-refractivity contribution is 0.262. The van der Waals surface area contributed by atoms with Crippen LogP contribution in [0.25, 0.3) is 22.2 Å². The fraction of sp³-hybridized carbons (Fsp3) is 0.0500. The van der Waals surface area contributed by atoms with Crippen molar-refractivity contribution < 1.29 is 9.18 Å². The lowest BCUT2D eigenvalue weighted by Gasteiger charge is -2.09. The number of nitrogens with zero attached hydrogens (tertiary/aromatic N) is 3. The molecule has 0 aliphatic heterocycles. The first-order valence-corrected chi connectivity index (χ1v) is 9.20. The molecule has 2 amide bonds. The van der Waals surface area contributed by atoms with Crippen LogP contribution in [0.1, 0.15) is 0 Å². The van der Waals surface area contributed by atoms with Crippen molar-refractivity contribution in [1.82, 2.24) is 14.8 Å². The molecule has 0 spiro atoms. The number of amides is 2. The van der Waals surface area contributed by atoms with E-state index in [0.29, 0.717) is 11.4 Å². The number of nitrogens with one attached hydrogen (secondary N) is 2. The molecule has 0 unspecified atom stereocenters. The van der Waals surface area contributed by atoms with Crippen molar-refractivity contribution in [3.8, 4) is 11.3 Å². The first-order chi connectivity index (χ1) is 13.5. The van der Waals surface area contributed by atoms with Crippen molar-refractivity contribution >= 4 is 44.2 Å². The summed E-state index contributed by atoms with van der Waals surface area (Å²) in [5.41, 5.74) is 3.55. The Morgan fingerprint density at radius 1 is 1.07 bits per heavy atom. The predicted molar refractivity (Wildman–Crippen MR) is 111 cm³/mol. The van der Waals surface area contributed by atoms with Crippen molar-refractivity contribution in [3.05, 3.63) is 71.2 Å². The maximum absolute atomic E-state index is 13.3. The molecule has 0 saturated heterocycles. The van der Waals surface area contributed by atoms with Crippen LogP contribution in [0.3, 0.4) is 0 Å². The average Bonchev–Trinajstić information content (AvgIpc) is 3.10. The smallest absolute Gasteiger partial charge is 0.308 e. The Labute approximate surface area is 168 Å². The molecule has 2 aromatic heterocycles. The van der Waals surface area contributed by atoms with E-state index in [1.165, 1.54) is 18.2 Å². The van der Waals surface area contributed by atoms with Gasteiger partial charge in [-0.05, 0) is 52.3 Å². The molecule has 0 atom stereocenters. The minimum Gasteiger partial charge on any atom is -0.308 e. The van der Waals surface area contributed by atoms with Gasteiger partial charge in [-0.1, -0.05) is 12.1 Å². The molecule has 0 aliphatic carbocycles. The van der Waals surface area contributed by atoms with Crippen LogP contribution in [-0.4, -0.2) is 20.8 Å². The van der Waals surface area contributed by atoms with E-state index >= 15 is 0 Å². The number of benzene rings is 2. The van der Waals surface area contributed by atoms with Gasteiger partial charge in [-0.25, -0.2) is 14.2 Å². The Kier molecular flexibility index (Phi) is 4.79. The zero-order chi connectivity index (χ0) is 19.7. The molecule has 4 aromatic rings. The van der Waals surface area contributed by atoms with Gasteiger partial charge in [0.25, 0.3) is 0 Å². The number of fused-ring (bicyclic) bond motifs is 1. The summed E-state index contributed by atoms with van der Waals surface area (Å²) in [6.45, 7) is 0. The lowest BCUT2D eigenvalue weighted by Crippen LogP contribution is -2.19. The van der Waals surface area contributed by atoms with Crippen molar-refractivity contribution in [2.24, 2.45) is 7.05 Å². The molecule has 0 fully saturated rings. The highest BCUT2D eigenvalue weighted by Gasteiger charge is 2.08. The maximum atomic E-state index is 13.3. The Morgan fingerprint density at radius 3 is 2.50 bits per heavy atom. The number of rotatable bonds is 3. The maximum Gasteiger partial charge on any atom is 0.323 e. The molecule has 6 nitrogen and oxygen atoms in total. The molecule has 0 bridgehead atoms. The molecule has 0 radical (unpaired) electrons. The third kappa shape index (κ3) is 3.86. The predicted octanol–water partition coefficient (Wildman–Crippen LogP) is 5.18. The van der Waals surface area contributed by atoms with Gasteiger partial charge in [0.2, 0.25) is 0 Å². The summed E-state index contributed by atoms with van der Waals surface area (Å²) in [4.78, 5) is 16.9. The lowest BCUT2D eigenvalue weighted by atomic mass is 10.1. The van der Waals surface area contributed by atoms with Gasteiger partial charge < -0.3 is 10.6 Å². The molecule has 2 heterocycles. The zero-order valence-corrected chi connectivity index (χ0v) is 16.4. The van der Waals surface area contributed by atoms with Crippen LogP contribution >= 0.6 is 15.9 Å². The largest absolute Gasteiger partial charge is 0.323 e. The van der Waals surface area contributed by atoms with E-state index in [0.717, 1.165) is 22.2 Å². The third-order valence-corrected chi connectivity index (χ3v) is 4.74. The van der Waals surface area contributed by atoms with Gasteiger partial charge >= 0.3 is 6.03 Å². The van der Waals surface area contributed by atoms with E-state index in [4.69, 9.17) is 0 Å². The average molecular weight is 440 g/mol. The van der Waals surface area contributed by atoms with Crippen molar-refractivity contribution in [2.45, 2.75) is 0 Å². The molecule has 0 saturated carbocycles. The van der Waals surface area contributed by atoms with E-state index in [1.54, 1.807) is 23.0 Å². The summed E-state index contributed by atoms with van der Waals surface area (Å²) >= 11 is 3.10. The SMILES string of the molecule is Cn1cc(-c2ccc3ccc(NC(=O)Nc4ccc(F)c(Br)c4)cc3n2)cn1. The summed E-state index contributed by atoms with van der Waals surface area (Å²) in [6, 6.07) is 13.2. The number of carbonyl (C=O) groups is 1. The van der Waals surface area contributed by atoms with Gasteiger partial charge in [0.05, 0.1) is 21.9 Å². The molecule has 2 aromatic carbocycles. The molecule has 140 valence electrons. The quantitative estimate of drug-likeness (QED) is 0.461. The minimum absolute atomic E-state index is 0.281. The molecule has 4 rings (SSSR count). The van der Waals surface area contributed by atoms with Gasteiger partial charge in [0, 0.05) is 35.6 Å². The number of aromatic nitrogens is 3. The molecule has 28 heavy (non-hydrogen) atoms. The number of halogens is 2. The van der Waals surface area contributed by atoms with E-state index < -0.39 is 11.8 Å². The van der Waals surface area contributed by atoms with Crippen molar-refractivity contribution in [1.29, 1.82) is 0 Å². The summed E-state index contributed by atoms with van der Waals surface area (Å²) in [6.07, 6.45) is 3.65. The van der Waals surface area contributed by atoms with E-state index in [9.17, 15) is 9.18 Å². The highest BCUT2D eigenvalue weighted by Crippen LogP contribution is 2.24. The number of urea groups is 1. The van der Waals surface area contributed by atoms with E-state index in [1.807, 2.05) is 31.4 Å². The Morgan fingerprint density at radius 2 is 1.79 bits per heavy atom. The number of anilines is 2. The molecular formula is C20H15BrFN5O. The third-order valence-electron chi connectivity index (χ3n) is 4.13. The van der Waals surface area contributed by atoms with Gasteiger partial charge in [-0.3, -0.25) is 4.68 Å². The normalized spacial score (nSPS) is 10.8. The van der Waals surface area contributed by atoms with Gasteiger partial charge in [0.1, 0.15) is 5.82 Å². The Hall–Kier alpha value is -3.26. The second kappa shape index (κ2) is 7.40. The fourth-order valence-corrected chi connectivity index (χ4v) is 3.16. The van der Waals surface area contributed by atoms with Crippen LogP contribution in [0, 0.1) is 5.82 Å². The number of hydrogen-bond donors (Lipinski definition) is 2. The Balaban J connectivity index is 1.54. The number of aryl methyl sites for hydroxylation is 1. The fourth-order valence-electron chi connectivity index (χ4n) is 2.78. The van der Waals surface area contributed by atoms with Crippen LogP contribution in [0.15, 0.2) is 65.4 Å². The zero-order valence-electron chi connectivity index (χ0n) is 14.8. The van der Waals surface area contributed by atoms with Crippen molar-refractivity contribution in [3.63, 3.8) is 0 Å². The Bertz CT molecular complexity index is 1190. The summed E-state index contributed by atoms with van der Waals surface area (Å²) in [7, 11) is 1.85. The topological polar surface area (TPSA) is 71.8 Å². The van der Waals surface area contributed by atoms with Crippen molar-refractivity contribution in [2.75, 3.05) is 10.6 Å². The van der Waals surface area contributed by atoms with Crippen LogP contribution in [0.5, 0.6) is 0 Å². The molecular weight excluding hydrogens is 425 g/mol. The summed E-state index contributed by atoms with van der Waals surface area (Å²) < 4.78 is 15.3. The summed E-state index contributed by atoms with van der Waals surface area (Å²) in [5, 5.41) is 10.6. The second-order valence-electron chi connectivity index (χ2n) is 6.21. The number of hydrogen-bond acceptors (Lipinski definition) is 3. The molecule has 2 N–H and O–H groups in total.